The zero-order chi connectivity index (χ0) is 56.5. The molecule has 4 fully saturated rings. The maximum absolute atomic E-state index is 14.9. The number of fused-ring (bicyclic) bond motifs is 1. The number of hydrogen-bond acceptors (Lipinski definition) is 17. The quantitative estimate of drug-likeness (QED) is 0.0437. The highest BCUT2D eigenvalue weighted by Gasteiger charge is 2.50. The molecule has 1 atom stereocenters. The van der Waals surface area contributed by atoms with Crippen molar-refractivity contribution in [3.05, 3.63) is 117 Å². The van der Waals surface area contributed by atoms with E-state index in [1.807, 2.05) is 12.1 Å². The van der Waals surface area contributed by atoms with Crippen LogP contribution in [0.3, 0.4) is 0 Å². The van der Waals surface area contributed by atoms with E-state index in [0.717, 1.165) is 101 Å². The van der Waals surface area contributed by atoms with Gasteiger partial charge >= 0.3 is 5.69 Å². The van der Waals surface area contributed by atoms with E-state index in [9.17, 15) is 32.8 Å². The molecule has 1 amide bonds. The molecule has 6 heterocycles. The largest absolute Gasteiger partial charge is 0.481 e. The molecule has 4 aromatic heterocycles. The number of rotatable bonds is 19. The lowest BCUT2D eigenvalue weighted by Gasteiger charge is -2.58. The van der Waals surface area contributed by atoms with Crippen LogP contribution in [0.25, 0.3) is 11.0 Å². The van der Waals surface area contributed by atoms with Gasteiger partial charge in [0.05, 0.1) is 49.0 Å². The second kappa shape index (κ2) is 23.1. The van der Waals surface area contributed by atoms with Gasteiger partial charge in [-0.25, -0.2) is 22.5 Å². The Bertz CT molecular complexity index is 3330. The van der Waals surface area contributed by atoms with E-state index in [1.54, 1.807) is 33.3 Å². The number of benzene rings is 2. The number of aromatic nitrogens is 4. The molecule has 6 aromatic rings. The van der Waals surface area contributed by atoms with E-state index in [0.29, 0.717) is 55.9 Å². The minimum Gasteiger partial charge on any atom is -0.481 e. The summed E-state index contributed by atoms with van der Waals surface area (Å²) in [6.07, 6.45) is 9.56. The molecule has 22 heteroatoms. The molecule has 2 aromatic carbocycles. The molecule has 2 aliphatic heterocycles. The van der Waals surface area contributed by atoms with Crippen LogP contribution >= 0.6 is 0 Å². The Labute approximate surface area is 465 Å². The number of aromatic amines is 1. The number of amides is 1. The summed E-state index contributed by atoms with van der Waals surface area (Å²) in [4.78, 5) is 48.3. The van der Waals surface area contributed by atoms with Crippen molar-refractivity contribution in [1.82, 2.24) is 34.5 Å². The molecule has 0 unspecified atom stereocenters. The Morgan fingerprint density at radius 3 is 2.35 bits per heavy atom. The maximum Gasteiger partial charge on any atom is 0.312 e. The van der Waals surface area contributed by atoms with Gasteiger partial charge in [-0.2, -0.15) is 9.97 Å². The van der Waals surface area contributed by atoms with Crippen LogP contribution in [0.5, 0.6) is 29.1 Å². The van der Waals surface area contributed by atoms with Crippen molar-refractivity contribution in [2.45, 2.75) is 107 Å². The highest BCUT2D eigenvalue weighted by Crippen LogP contribution is 2.53. The molecule has 426 valence electrons. The molecule has 80 heavy (non-hydrogen) atoms. The number of sulfonamides is 1. The van der Waals surface area contributed by atoms with Gasteiger partial charge in [0, 0.05) is 100 Å². The van der Waals surface area contributed by atoms with E-state index in [1.165, 1.54) is 30.4 Å². The summed E-state index contributed by atoms with van der Waals surface area (Å²) < 4.78 is 67.7. The third kappa shape index (κ3) is 12.1. The first-order chi connectivity index (χ1) is 38.3. The number of hydrogen-bond donors (Lipinski definition) is 4. The van der Waals surface area contributed by atoms with E-state index >= 15 is 0 Å². The third-order valence-electron chi connectivity index (χ3n) is 16.9. The van der Waals surface area contributed by atoms with Crippen LogP contribution in [-0.4, -0.2) is 133 Å². The topological polar surface area (TPSA) is 240 Å². The van der Waals surface area contributed by atoms with Gasteiger partial charge in [-0.1, -0.05) is 38.1 Å². The summed E-state index contributed by atoms with van der Waals surface area (Å²) >= 11 is 0. The zero-order valence-corrected chi connectivity index (χ0v) is 47.0. The first kappa shape index (κ1) is 56.1. The van der Waals surface area contributed by atoms with E-state index in [2.05, 4.69) is 82.8 Å². The number of nitro groups is 1. The minimum atomic E-state index is -4.75. The summed E-state index contributed by atoms with van der Waals surface area (Å²) in [6, 6.07) is 20.6. The average molecular weight is 1120 g/mol. The third-order valence-corrected chi connectivity index (χ3v) is 18.2. The van der Waals surface area contributed by atoms with Gasteiger partial charge in [-0.3, -0.25) is 24.7 Å². The summed E-state index contributed by atoms with van der Waals surface area (Å²) in [7, 11) is -0.149. The average Bonchev–Trinajstić information content (AvgIpc) is 3.82. The minimum absolute atomic E-state index is 0.0194. The van der Waals surface area contributed by atoms with E-state index < -0.39 is 42.9 Å². The standard InChI is InChI=1S/C58H71FN10O10S/c1-36(2)42-9-7-8-10-43(42)48-35-66(20-15-38-25-51(76-4)63-52(26-38)77-5)23-24-68(48)40-30-58(31-40)18-21-67(22-19-58)39-11-12-44(49(27-39)79-50-29-45-46(59)34-62-53(45)64-56(50)78-6)55(70)65-80(74,75)41-28-47(69(72)73)54(61-33-41)60-32-37-13-16-57(3,71)17-14-37/h7-12,25-29,33-34,36-37,40,48,71H,13-24,30-32,35H2,1-6H3,(H,60,61)(H,62,64)(H,65,70)/t37?,48-,57?/m0/s1. The number of methoxy groups -OCH3 is 3. The fourth-order valence-electron chi connectivity index (χ4n) is 12.2. The second-order valence-electron chi connectivity index (χ2n) is 22.6. The monoisotopic (exact) mass is 1120 g/mol. The maximum atomic E-state index is 14.9. The van der Waals surface area contributed by atoms with Crippen molar-refractivity contribution < 1.29 is 46.6 Å². The lowest BCUT2D eigenvalue weighted by atomic mass is 9.59. The van der Waals surface area contributed by atoms with Crippen LogP contribution in [0.4, 0.5) is 21.6 Å². The van der Waals surface area contributed by atoms with E-state index in [4.69, 9.17) is 18.9 Å². The number of nitrogens with one attached hydrogen (secondary N) is 3. The Hall–Kier alpha value is -7.14. The number of ether oxygens (including phenoxy) is 4. The number of pyridine rings is 3. The molecule has 2 aliphatic carbocycles. The SMILES string of the molecule is COc1cc(CCN2CCN(C3CC4(CCN(c5ccc(C(=O)NS(=O)(=O)c6cnc(NCC7CCC(C)(O)CC7)c([N+](=O)[O-])c6)c(Oc6cc7c(F)c[nH]c7nc6OC)c5)CC4)C3)[C@H](c3ccccc3C(C)C)C2)cc(OC)n1. The number of nitrogens with zero attached hydrogens (tertiary/aromatic N) is 7. The van der Waals surface area contributed by atoms with Crippen molar-refractivity contribution in [3.63, 3.8) is 0 Å². The molecule has 10 rings (SSSR count). The van der Waals surface area contributed by atoms with Gasteiger partial charge in [0.15, 0.2) is 5.75 Å². The number of H-pyrrole nitrogens is 1. The van der Waals surface area contributed by atoms with Crippen LogP contribution in [-0.2, 0) is 16.4 Å². The Morgan fingerprint density at radius 2 is 1.66 bits per heavy atom. The molecule has 0 radical (unpaired) electrons. The number of carbonyl (C=O) groups is 1. The van der Waals surface area contributed by atoms with Crippen molar-refractivity contribution in [2.75, 3.05) is 77.4 Å². The van der Waals surface area contributed by atoms with Gasteiger partial charge in [0.25, 0.3) is 21.8 Å². The van der Waals surface area contributed by atoms with Gasteiger partial charge in [0.1, 0.15) is 22.1 Å². The van der Waals surface area contributed by atoms with Crippen molar-refractivity contribution in [3.8, 4) is 29.1 Å². The van der Waals surface area contributed by atoms with Crippen LogP contribution in [0.2, 0.25) is 0 Å². The van der Waals surface area contributed by atoms with Gasteiger partial charge in [-0.05, 0) is 111 Å². The number of aliphatic hydroxyl groups is 1. The van der Waals surface area contributed by atoms with Crippen LogP contribution in [0.15, 0.2) is 84.0 Å². The van der Waals surface area contributed by atoms with Crippen molar-refractivity contribution >= 4 is 44.2 Å². The van der Waals surface area contributed by atoms with Crippen molar-refractivity contribution in [1.29, 1.82) is 0 Å². The number of halogens is 1. The molecule has 4 N–H and O–H groups in total. The summed E-state index contributed by atoms with van der Waals surface area (Å²) in [5, 5.41) is 25.7. The number of piperidine rings is 1. The molecular formula is C58H71FN10O10S. The smallest absolute Gasteiger partial charge is 0.312 e. The van der Waals surface area contributed by atoms with Crippen LogP contribution < -0.4 is 33.9 Å². The number of anilines is 2. The second-order valence-corrected chi connectivity index (χ2v) is 24.2. The van der Waals surface area contributed by atoms with Crippen LogP contribution in [0.1, 0.15) is 111 Å². The molecule has 1 spiro atoms. The highest BCUT2D eigenvalue weighted by atomic mass is 32.2. The Balaban J connectivity index is 0.848. The van der Waals surface area contributed by atoms with E-state index in [-0.39, 0.29) is 57.2 Å². The summed E-state index contributed by atoms with van der Waals surface area (Å²) in [6.45, 7) is 11.8. The number of piperazine rings is 1. The molecule has 0 bridgehead atoms. The first-order valence-corrected chi connectivity index (χ1v) is 28.9. The van der Waals surface area contributed by atoms with Gasteiger partial charge in [-0.15, -0.1) is 0 Å². The fourth-order valence-corrected chi connectivity index (χ4v) is 13.2. The number of carbonyl (C=O) groups excluding carboxylic acids is 1. The predicted octanol–water partition coefficient (Wildman–Crippen LogP) is 9.16. The van der Waals surface area contributed by atoms with Gasteiger partial charge < -0.3 is 39.3 Å². The summed E-state index contributed by atoms with van der Waals surface area (Å²) in [5.41, 5.74) is 3.43. The van der Waals surface area contributed by atoms with Crippen molar-refractivity contribution in [2.24, 2.45) is 11.3 Å². The fraction of sp³-hybridized carbons (Fsp3) is 0.483. The molecule has 2 saturated carbocycles. The first-order valence-electron chi connectivity index (χ1n) is 27.5. The normalized spacial score (nSPS) is 20.8. The summed E-state index contributed by atoms with van der Waals surface area (Å²) in [5.74, 6) is -0.335. The predicted molar refractivity (Wildman–Crippen MR) is 300 cm³/mol. The van der Waals surface area contributed by atoms with Crippen LogP contribution in [0, 0.1) is 27.3 Å². The Morgan fingerprint density at radius 1 is 0.938 bits per heavy atom. The highest BCUT2D eigenvalue weighted by molar-refractivity contribution is 7.90. The van der Waals surface area contributed by atoms with Gasteiger partial charge in [0.2, 0.25) is 17.6 Å². The molecule has 20 nitrogen and oxygen atoms in total. The lowest BCUT2D eigenvalue weighted by molar-refractivity contribution is -0.384. The lowest BCUT2D eigenvalue weighted by Crippen LogP contribution is -2.60. The molecular weight excluding hydrogens is 1050 g/mol. The molecule has 4 aliphatic rings. The Kier molecular flexibility index (Phi) is 16.2. The zero-order valence-electron chi connectivity index (χ0n) is 46.2. The molecule has 2 saturated heterocycles.